The Balaban J connectivity index is 3.69. The number of rotatable bonds is 8. The summed E-state index contributed by atoms with van der Waals surface area (Å²) in [6, 6.07) is -0.538. The van der Waals surface area contributed by atoms with E-state index in [1.54, 1.807) is 6.92 Å². The first-order valence-electron chi connectivity index (χ1n) is 5.72. The lowest BCUT2D eigenvalue weighted by Crippen LogP contribution is -2.42. The first-order valence-corrected chi connectivity index (χ1v) is 5.72. The number of hydrogen-bond acceptors (Lipinski definition) is 5. The molecular weight excluding hydrogens is 206 g/mol. The lowest BCUT2D eigenvalue weighted by atomic mass is 10.3. The van der Waals surface area contributed by atoms with Crippen LogP contribution in [0.1, 0.15) is 13.3 Å². The molecule has 0 saturated carbocycles. The number of ether oxygens (including phenoxy) is 1. The molecule has 0 aromatic heterocycles. The summed E-state index contributed by atoms with van der Waals surface area (Å²) < 4.78 is 4.85. The second kappa shape index (κ2) is 8.50. The monoisotopic (exact) mass is 231 g/mol. The Labute approximate surface area is 98.5 Å². The highest BCUT2D eigenvalue weighted by molar-refractivity contribution is 5.75. The van der Waals surface area contributed by atoms with Crippen molar-refractivity contribution in [2.24, 2.45) is 5.73 Å². The summed E-state index contributed by atoms with van der Waals surface area (Å²) in [5.41, 5.74) is 5.71. The molecule has 5 heteroatoms. The number of likely N-dealkylation sites (N-methyl/N-ethyl adjacent to an activating group) is 1. The average molecular weight is 231 g/mol. The molecule has 0 aromatic rings. The van der Waals surface area contributed by atoms with Gasteiger partial charge in [0.15, 0.2) is 0 Å². The van der Waals surface area contributed by atoms with Gasteiger partial charge in [0, 0.05) is 6.54 Å². The zero-order chi connectivity index (χ0) is 12.6. The maximum atomic E-state index is 11.3. The molecule has 0 rings (SSSR count). The van der Waals surface area contributed by atoms with E-state index in [-0.39, 0.29) is 5.97 Å². The first kappa shape index (κ1) is 15.3. The molecule has 0 aliphatic heterocycles. The maximum Gasteiger partial charge on any atom is 0.324 e. The Morgan fingerprint density at radius 1 is 1.31 bits per heavy atom. The van der Waals surface area contributed by atoms with Gasteiger partial charge in [-0.3, -0.25) is 4.79 Å². The minimum atomic E-state index is -0.538. The standard InChI is InChI=1S/C11H25N3O2/c1-5-16-11(15)10(12)9-14(4)8-6-7-13(2)3/h10H,5-9,12H2,1-4H3. The van der Waals surface area contributed by atoms with Crippen molar-refractivity contribution in [1.29, 1.82) is 0 Å². The van der Waals surface area contributed by atoms with Gasteiger partial charge in [-0.05, 0) is 47.6 Å². The highest BCUT2D eigenvalue weighted by Crippen LogP contribution is 1.93. The summed E-state index contributed by atoms with van der Waals surface area (Å²) in [4.78, 5) is 15.5. The smallest absolute Gasteiger partial charge is 0.324 e. The first-order chi connectivity index (χ1) is 7.47. The second-order valence-electron chi connectivity index (χ2n) is 4.28. The molecule has 1 atom stereocenters. The van der Waals surface area contributed by atoms with Gasteiger partial charge in [-0.25, -0.2) is 0 Å². The molecule has 1 unspecified atom stereocenters. The lowest BCUT2D eigenvalue weighted by Gasteiger charge is -2.20. The summed E-state index contributed by atoms with van der Waals surface area (Å²) >= 11 is 0. The van der Waals surface area contributed by atoms with Crippen molar-refractivity contribution in [2.45, 2.75) is 19.4 Å². The van der Waals surface area contributed by atoms with Crippen molar-refractivity contribution >= 4 is 5.97 Å². The highest BCUT2D eigenvalue weighted by atomic mass is 16.5. The average Bonchev–Trinajstić information content (AvgIpc) is 2.17. The summed E-state index contributed by atoms with van der Waals surface area (Å²) in [6.45, 7) is 4.69. The van der Waals surface area contributed by atoms with Crippen molar-refractivity contribution in [2.75, 3.05) is 47.4 Å². The molecule has 0 radical (unpaired) electrons. The topological polar surface area (TPSA) is 58.8 Å². The number of carbonyl (C=O) groups excluding carboxylic acids is 1. The molecular formula is C11H25N3O2. The maximum absolute atomic E-state index is 11.3. The normalized spacial score (nSPS) is 13.2. The Bertz CT molecular complexity index is 198. The molecule has 0 fully saturated rings. The minimum absolute atomic E-state index is 0.318. The van der Waals surface area contributed by atoms with Gasteiger partial charge >= 0.3 is 5.97 Å². The minimum Gasteiger partial charge on any atom is -0.465 e. The quantitative estimate of drug-likeness (QED) is 0.584. The molecule has 0 saturated heterocycles. The number of nitrogens with zero attached hydrogens (tertiary/aromatic N) is 2. The Morgan fingerprint density at radius 2 is 1.94 bits per heavy atom. The molecule has 5 nitrogen and oxygen atoms in total. The van der Waals surface area contributed by atoms with Gasteiger partial charge in [-0.2, -0.15) is 0 Å². The van der Waals surface area contributed by atoms with Crippen molar-refractivity contribution in [1.82, 2.24) is 9.80 Å². The predicted octanol–water partition coefficient (Wildman–Crippen LogP) is -0.240. The van der Waals surface area contributed by atoms with Crippen LogP contribution in [0.5, 0.6) is 0 Å². The van der Waals surface area contributed by atoms with Crippen LogP contribution in [0.4, 0.5) is 0 Å². The molecule has 0 aliphatic carbocycles. The predicted molar refractivity (Wildman–Crippen MR) is 65.3 cm³/mol. The van der Waals surface area contributed by atoms with Crippen molar-refractivity contribution in [3.8, 4) is 0 Å². The number of esters is 1. The zero-order valence-electron chi connectivity index (χ0n) is 10.9. The molecule has 0 heterocycles. The SMILES string of the molecule is CCOC(=O)C(N)CN(C)CCCN(C)C. The molecule has 0 aliphatic rings. The van der Waals surface area contributed by atoms with Gasteiger partial charge in [0.1, 0.15) is 6.04 Å². The van der Waals surface area contributed by atoms with E-state index in [4.69, 9.17) is 10.5 Å². The van der Waals surface area contributed by atoms with Crippen LogP contribution in [0.25, 0.3) is 0 Å². The van der Waals surface area contributed by atoms with Crippen LogP contribution in [0.3, 0.4) is 0 Å². The van der Waals surface area contributed by atoms with Gasteiger partial charge in [0.2, 0.25) is 0 Å². The van der Waals surface area contributed by atoms with Crippen LogP contribution in [-0.2, 0) is 9.53 Å². The number of nitrogens with two attached hydrogens (primary N) is 1. The fraction of sp³-hybridized carbons (Fsp3) is 0.909. The fourth-order valence-corrected chi connectivity index (χ4v) is 1.41. The molecule has 0 bridgehead atoms. The van der Waals surface area contributed by atoms with E-state index in [9.17, 15) is 4.79 Å². The Hall–Kier alpha value is -0.650. The third-order valence-corrected chi connectivity index (χ3v) is 2.24. The van der Waals surface area contributed by atoms with Crippen LogP contribution >= 0.6 is 0 Å². The number of hydrogen-bond donors (Lipinski definition) is 1. The van der Waals surface area contributed by atoms with E-state index in [0.29, 0.717) is 13.2 Å². The van der Waals surface area contributed by atoms with Crippen molar-refractivity contribution in [3.63, 3.8) is 0 Å². The summed E-state index contributed by atoms with van der Waals surface area (Å²) in [5.74, 6) is -0.318. The van der Waals surface area contributed by atoms with Crippen molar-refractivity contribution < 1.29 is 9.53 Å². The van der Waals surface area contributed by atoms with Gasteiger partial charge in [0.25, 0.3) is 0 Å². The van der Waals surface area contributed by atoms with E-state index < -0.39 is 6.04 Å². The molecule has 16 heavy (non-hydrogen) atoms. The molecule has 0 aromatic carbocycles. The van der Waals surface area contributed by atoms with E-state index in [1.165, 1.54) is 0 Å². The van der Waals surface area contributed by atoms with E-state index >= 15 is 0 Å². The molecule has 0 spiro atoms. The van der Waals surface area contributed by atoms with Crippen LogP contribution in [0.15, 0.2) is 0 Å². The van der Waals surface area contributed by atoms with Crippen LogP contribution in [-0.4, -0.2) is 69.2 Å². The lowest BCUT2D eigenvalue weighted by molar-refractivity contribution is -0.145. The summed E-state index contributed by atoms with van der Waals surface area (Å²) in [7, 11) is 6.06. The van der Waals surface area contributed by atoms with Gasteiger partial charge in [0.05, 0.1) is 6.61 Å². The third-order valence-electron chi connectivity index (χ3n) is 2.24. The van der Waals surface area contributed by atoms with Gasteiger partial charge in [-0.15, -0.1) is 0 Å². The highest BCUT2D eigenvalue weighted by Gasteiger charge is 2.16. The molecule has 0 amide bonds. The Morgan fingerprint density at radius 3 is 2.44 bits per heavy atom. The van der Waals surface area contributed by atoms with E-state index in [1.807, 2.05) is 21.1 Å². The van der Waals surface area contributed by atoms with Crippen molar-refractivity contribution in [3.05, 3.63) is 0 Å². The summed E-state index contributed by atoms with van der Waals surface area (Å²) in [6.07, 6.45) is 1.07. The van der Waals surface area contributed by atoms with Gasteiger partial charge < -0.3 is 20.3 Å². The zero-order valence-corrected chi connectivity index (χ0v) is 10.9. The second-order valence-corrected chi connectivity index (χ2v) is 4.28. The van der Waals surface area contributed by atoms with E-state index in [2.05, 4.69) is 9.80 Å². The third kappa shape index (κ3) is 7.62. The molecule has 2 N–H and O–H groups in total. The van der Waals surface area contributed by atoms with Crippen LogP contribution in [0, 0.1) is 0 Å². The van der Waals surface area contributed by atoms with Gasteiger partial charge in [-0.1, -0.05) is 0 Å². The largest absolute Gasteiger partial charge is 0.465 e. The number of carbonyl (C=O) groups is 1. The van der Waals surface area contributed by atoms with Crippen LogP contribution in [0.2, 0.25) is 0 Å². The van der Waals surface area contributed by atoms with E-state index in [0.717, 1.165) is 19.5 Å². The van der Waals surface area contributed by atoms with Crippen LogP contribution < -0.4 is 5.73 Å². The Kier molecular flexibility index (Phi) is 8.15. The summed E-state index contributed by atoms with van der Waals surface area (Å²) in [5, 5.41) is 0. The molecule has 96 valence electrons. The fourth-order valence-electron chi connectivity index (χ4n) is 1.41.